The Morgan fingerprint density at radius 2 is 1.94 bits per heavy atom. The quantitative estimate of drug-likeness (QED) is 0.774. The molecule has 170 valence electrons. The molecule has 2 aliphatic heterocycles. The minimum atomic E-state index is 0.00193. The van der Waals surface area contributed by atoms with Crippen LogP contribution < -0.4 is 10.1 Å². The summed E-state index contributed by atoms with van der Waals surface area (Å²) in [5.41, 5.74) is 2.48. The molecule has 0 unspecified atom stereocenters. The molecule has 0 radical (unpaired) electrons. The molecule has 2 amide bonds. The Kier molecular flexibility index (Phi) is 6.30. The second-order valence-electron chi connectivity index (χ2n) is 8.68. The van der Waals surface area contributed by atoms with Gasteiger partial charge in [0.1, 0.15) is 17.4 Å². The summed E-state index contributed by atoms with van der Waals surface area (Å²) in [6.07, 6.45) is 2.09. The van der Waals surface area contributed by atoms with Gasteiger partial charge in [-0.1, -0.05) is 12.1 Å². The number of nitrogens with zero attached hydrogens (tertiary/aromatic N) is 4. The zero-order valence-electron chi connectivity index (χ0n) is 19.2. The first-order valence-electron chi connectivity index (χ1n) is 11.1. The van der Waals surface area contributed by atoms with Crippen LogP contribution in [-0.2, 0) is 4.79 Å². The molecule has 8 nitrogen and oxygen atoms in total. The molecule has 2 aliphatic rings. The fourth-order valence-corrected chi connectivity index (χ4v) is 4.67. The van der Waals surface area contributed by atoms with Crippen molar-refractivity contribution in [2.45, 2.75) is 38.0 Å². The first-order valence-corrected chi connectivity index (χ1v) is 11.1. The molecule has 1 atom stereocenters. The van der Waals surface area contributed by atoms with Crippen LogP contribution in [0.2, 0.25) is 0 Å². The largest absolute Gasteiger partial charge is 0.496 e. The summed E-state index contributed by atoms with van der Waals surface area (Å²) < 4.78 is 5.48. The number of likely N-dealkylation sites (tertiary alicyclic amines) is 2. The van der Waals surface area contributed by atoms with Gasteiger partial charge in [-0.05, 0) is 31.4 Å². The van der Waals surface area contributed by atoms with Gasteiger partial charge in [0.25, 0.3) is 5.91 Å². The Morgan fingerprint density at radius 3 is 2.56 bits per heavy atom. The molecule has 8 heteroatoms. The second kappa shape index (κ2) is 9.14. The summed E-state index contributed by atoms with van der Waals surface area (Å²) >= 11 is 0. The van der Waals surface area contributed by atoms with Crippen molar-refractivity contribution in [1.29, 1.82) is 0 Å². The lowest BCUT2D eigenvalue weighted by Crippen LogP contribution is -2.38. The minimum absolute atomic E-state index is 0.00193. The van der Waals surface area contributed by atoms with E-state index in [0.717, 1.165) is 35.7 Å². The van der Waals surface area contributed by atoms with Crippen molar-refractivity contribution in [3.63, 3.8) is 0 Å². The van der Waals surface area contributed by atoms with Gasteiger partial charge >= 0.3 is 0 Å². The second-order valence-corrected chi connectivity index (χ2v) is 8.68. The maximum Gasteiger partial charge on any atom is 0.257 e. The number of methoxy groups -OCH3 is 1. The van der Waals surface area contributed by atoms with Crippen molar-refractivity contribution in [3.05, 3.63) is 46.9 Å². The van der Waals surface area contributed by atoms with Crippen LogP contribution in [0, 0.1) is 6.92 Å². The topological polar surface area (TPSA) is 87.7 Å². The maximum atomic E-state index is 13.1. The van der Waals surface area contributed by atoms with E-state index in [-0.39, 0.29) is 23.7 Å². The third kappa shape index (κ3) is 4.26. The van der Waals surface area contributed by atoms with Crippen molar-refractivity contribution >= 4 is 17.6 Å². The number of likely N-dealkylation sites (N-methyl/N-ethyl adjacent to an activating group) is 1. The summed E-state index contributed by atoms with van der Waals surface area (Å²) in [4.78, 5) is 38.4. The number of benzene rings is 1. The third-order valence-electron chi connectivity index (χ3n) is 6.57. The van der Waals surface area contributed by atoms with Gasteiger partial charge < -0.3 is 19.9 Å². The summed E-state index contributed by atoms with van der Waals surface area (Å²) in [7, 11) is 5.28. The SMILES string of the molecule is CNc1cc([C@@H]2CC(=O)N(C)C2)nc(C2CCN(C(=O)c3cccc(C)c3OC)CC2)n1. The van der Waals surface area contributed by atoms with Crippen molar-refractivity contribution in [3.8, 4) is 5.75 Å². The zero-order valence-corrected chi connectivity index (χ0v) is 19.2. The lowest BCUT2D eigenvalue weighted by atomic mass is 9.94. The van der Waals surface area contributed by atoms with Crippen LogP contribution in [0.3, 0.4) is 0 Å². The van der Waals surface area contributed by atoms with Crippen molar-refractivity contribution in [2.75, 3.05) is 46.2 Å². The highest BCUT2D eigenvalue weighted by Gasteiger charge is 2.32. The Balaban J connectivity index is 1.48. The van der Waals surface area contributed by atoms with Gasteiger partial charge in [-0.3, -0.25) is 9.59 Å². The number of carbonyl (C=O) groups is 2. The molecular weight excluding hydrogens is 406 g/mol. The lowest BCUT2D eigenvalue weighted by Gasteiger charge is -2.32. The molecule has 4 rings (SSSR count). The van der Waals surface area contributed by atoms with Gasteiger partial charge in [-0.15, -0.1) is 0 Å². The molecule has 2 fully saturated rings. The predicted molar refractivity (Wildman–Crippen MR) is 122 cm³/mol. The molecule has 1 aromatic carbocycles. The Hall–Kier alpha value is -3.16. The molecule has 32 heavy (non-hydrogen) atoms. The molecule has 2 aromatic rings. The fraction of sp³-hybridized carbons (Fsp3) is 0.500. The number of rotatable bonds is 5. The van der Waals surface area contributed by atoms with Gasteiger partial charge in [-0.2, -0.15) is 0 Å². The fourth-order valence-electron chi connectivity index (χ4n) is 4.67. The predicted octanol–water partition coefficient (Wildman–Crippen LogP) is 2.80. The lowest BCUT2D eigenvalue weighted by molar-refractivity contribution is -0.126. The Morgan fingerprint density at radius 1 is 1.19 bits per heavy atom. The van der Waals surface area contributed by atoms with E-state index in [9.17, 15) is 9.59 Å². The molecule has 0 spiro atoms. The molecule has 0 saturated carbocycles. The van der Waals surface area contributed by atoms with E-state index in [4.69, 9.17) is 14.7 Å². The van der Waals surface area contributed by atoms with Crippen LogP contribution in [0.5, 0.6) is 5.75 Å². The summed E-state index contributed by atoms with van der Waals surface area (Å²) in [6, 6.07) is 7.61. The standard InChI is InChI=1S/C24H31N5O3/c1-15-6-5-7-18(22(15)32-4)24(31)29-10-8-16(9-11-29)23-26-19(13-20(25-2)27-23)17-12-21(30)28(3)14-17/h5-7,13,16-17H,8-12,14H2,1-4H3,(H,25,26,27)/t17-/m1/s1. The molecule has 0 bridgehead atoms. The summed E-state index contributed by atoms with van der Waals surface area (Å²) in [6.45, 7) is 3.92. The van der Waals surface area contributed by atoms with Gasteiger partial charge in [0.15, 0.2) is 0 Å². The van der Waals surface area contributed by atoms with Crippen LogP contribution in [0.25, 0.3) is 0 Å². The highest BCUT2D eigenvalue weighted by atomic mass is 16.5. The summed E-state index contributed by atoms with van der Waals surface area (Å²) in [5.74, 6) is 2.65. The number of hydrogen-bond donors (Lipinski definition) is 1. The minimum Gasteiger partial charge on any atom is -0.496 e. The number of aromatic nitrogens is 2. The highest BCUT2D eigenvalue weighted by Crippen LogP contribution is 2.32. The van der Waals surface area contributed by atoms with Crippen LogP contribution >= 0.6 is 0 Å². The first kappa shape index (κ1) is 22.0. The van der Waals surface area contributed by atoms with E-state index in [1.165, 1.54) is 0 Å². The first-order chi connectivity index (χ1) is 15.4. The highest BCUT2D eigenvalue weighted by molar-refractivity contribution is 5.97. The van der Waals surface area contributed by atoms with Crippen molar-refractivity contribution < 1.29 is 14.3 Å². The normalized spacial score (nSPS) is 19.4. The van der Waals surface area contributed by atoms with E-state index >= 15 is 0 Å². The van der Waals surface area contributed by atoms with Crippen LogP contribution in [0.1, 0.15) is 58.5 Å². The van der Waals surface area contributed by atoms with E-state index in [2.05, 4.69) is 5.32 Å². The van der Waals surface area contributed by atoms with E-state index in [1.807, 2.05) is 50.2 Å². The van der Waals surface area contributed by atoms with Crippen molar-refractivity contribution in [1.82, 2.24) is 19.8 Å². The van der Waals surface area contributed by atoms with Gasteiger partial charge in [0, 0.05) is 58.1 Å². The number of piperidine rings is 1. The average molecular weight is 438 g/mol. The molecule has 2 saturated heterocycles. The van der Waals surface area contributed by atoms with Crippen LogP contribution in [0.4, 0.5) is 5.82 Å². The number of aryl methyl sites for hydroxylation is 1. The molecule has 0 aliphatic carbocycles. The number of ether oxygens (including phenoxy) is 1. The number of para-hydroxylation sites is 1. The zero-order chi connectivity index (χ0) is 22.8. The molecule has 1 N–H and O–H groups in total. The van der Waals surface area contributed by atoms with Crippen molar-refractivity contribution in [2.24, 2.45) is 0 Å². The maximum absolute atomic E-state index is 13.1. The van der Waals surface area contributed by atoms with E-state index in [1.54, 1.807) is 12.0 Å². The monoisotopic (exact) mass is 437 g/mol. The van der Waals surface area contributed by atoms with Crippen LogP contribution in [-0.4, -0.2) is 72.4 Å². The van der Waals surface area contributed by atoms with Gasteiger partial charge in [-0.25, -0.2) is 9.97 Å². The van der Waals surface area contributed by atoms with Crippen LogP contribution in [0.15, 0.2) is 24.3 Å². The number of carbonyl (C=O) groups excluding carboxylic acids is 2. The average Bonchev–Trinajstić information content (AvgIpc) is 3.16. The molecule has 1 aromatic heterocycles. The Bertz CT molecular complexity index is 1020. The Labute approximate surface area is 189 Å². The summed E-state index contributed by atoms with van der Waals surface area (Å²) in [5, 5.41) is 3.13. The van der Waals surface area contributed by atoms with Gasteiger partial charge in [0.05, 0.1) is 18.4 Å². The number of hydrogen-bond acceptors (Lipinski definition) is 6. The molecule has 3 heterocycles. The van der Waals surface area contributed by atoms with Gasteiger partial charge in [0.2, 0.25) is 5.91 Å². The number of anilines is 1. The van der Waals surface area contributed by atoms with E-state index < -0.39 is 0 Å². The number of nitrogens with one attached hydrogen (secondary N) is 1. The van der Waals surface area contributed by atoms with E-state index in [0.29, 0.717) is 37.4 Å². The molecular formula is C24H31N5O3. The third-order valence-corrected chi connectivity index (χ3v) is 6.57. The number of amides is 2. The smallest absolute Gasteiger partial charge is 0.257 e.